The lowest BCUT2D eigenvalue weighted by atomic mass is 10.1. The molecule has 2 N–H and O–H groups in total. The van der Waals surface area contributed by atoms with Crippen LogP contribution in [0.3, 0.4) is 0 Å². The standard InChI is InChI=1S/C11H22N2O2/c1-3-12-7-9(2)11(15)13-6-4-5-10(14)8-13/h9-10,12,14H,3-8H2,1-2H3. The van der Waals surface area contributed by atoms with Crippen molar-refractivity contribution in [3.05, 3.63) is 0 Å². The topological polar surface area (TPSA) is 52.6 Å². The van der Waals surface area contributed by atoms with Gasteiger partial charge in [-0.15, -0.1) is 0 Å². The maximum Gasteiger partial charge on any atom is 0.226 e. The Morgan fingerprint density at radius 1 is 1.67 bits per heavy atom. The van der Waals surface area contributed by atoms with Gasteiger partial charge >= 0.3 is 0 Å². The first-order valence-corrected chi connectivity index (χ1v) is 5.82. The highest BCUT2D eigenvalue weighted by Crippen LogP contribution is 2.12. The van der Waals surface area contributed by atoms with E-state index in [0.29, 0.717) is 6.54 Å². The van der Waals surface area contributed by atoms with Crippen LogP contribution >= 0.6 is 0 Å². The predicted molar refractivity (Wildman–Crippen MR) is 59.5 cm³/mol. The molecule has 1 rings (SSSR count). The summed E-state index contributed by atoms with van der Waals surface area (Å²) in [5, 5.41) is 12.6. The average molecular weight is 214 g/mol. The maximum atomic E-state index is 11.9. The van der Waals surface area contributed by atoms with Gasteiger partial charge < -0.3 is 15.3 Å². The van der Waals surface area contributed by atoms with Gasteiger partial charge in [-0.2, -0.15) is 0 Å². The number of aliphatic hydroxyl groups excluding tert-OH is 1. The van der Waals surface area contributed by atoms with Crippen molar-refractivity contribution in [3.8, 4) is 0 Å². The molecule has 0 saturated carbocycles. The van der Waals surface area contributed by atoms with Crippen molar-refractivity contribution in [1.29, 1.82) is 0 Å². The number of aliphatic hydroxyl groups is 1. The summed E-state index contributed by atoms with van der Waals surface area (Å²) in [4.78, 5) is 13.7. The lowest BCUT2D eigenvalue weighted by Crippen LogP contribution is -2.46. The fraction of sp³-hybridized carbons (Fsp3) is 0.909. The summed E-state index contributed by atoms with van der Waals surface area (Å²) >= 11 is 0. The minimum absolute atomic E-state index is 0.00949. The van der Waals surface area contributed by atoms with Crippen LogP contribution in [0.1, 0.15) is 26.7 Å². The van der Waals surface area contributed by atoms with Gasteiger partial charge in [0.1, 0.15) is 0 Å². The molecule has 1 aliphatic rings. The Balaban J connectivity index is 2.37. The van der Waals surface area contributed by atoms with Gasteiger partial charge in [-0.05, 0) is 19.4 Å². The Morgan fingerprint density at radius 3 is 3.00 bits per heavy atom. The molecule has 0 radical (unpaired) electrons. The SMILES string of the molecule is CCNCC(C)C(=O)N1CCCC(O)C1. The van der Waals surface area contributed by atoms with Crippen LogP contribution in [0.2, 0.25) is 0 Å². The molecule has 0 aromatic heterocycles. The molecule has 2 unspecified atom stereocenters. The summed E-state index contributed by atoms with van der Waals surface area (Å²) in [5.74, 6) is 0.171. The second-order valence-electron chi connectivity index (χ2n) is 4.29. The van der Waals surface area contributed by atoms with E-state index in [1.807, 2.05) is 13.8 Å². The van der Waals surface area contributed by atoms with Gasteiger partial charge in [0, 0.05) is 25.6 Å². The Kier molecular flexibility index (Phi) is 5.05. The average Bonchev–Trinajstić information content (AvgIpc) is 2.24. The number of piperidine rings is 1. The summed E-state index contributed by atoms with van der Waals surface area (Å²) in [7, 11) is 0. The maximum absolute atomic E-state index is 11.9. The number of β-amino-alcohol motifs (C(OH)–C–C–N with tert-alkyl or cyclic N) is 1. The molecule has 0 spiro atoms. The summed E-state index contributed by atoms with van der Waals surface area (Å²) in [6, 6.07) is 0. The van der Waals surface area contributed by atoms with E-state index in [9.17, 15) is 9.90 Å². The monoisotopic (exact) mass is 214 g/mol. The predicted octanol–water partition coefficient (Wildman–Crippen LogP) is 0.215. The van der Waals surface area contributed by atoms with Crippen molar-refractivity contribution >= 4 is 5.91 Å². The zero-order valence-corrected chi connectivity index (χ0v) is 9.70. The fourth-order valence-corrected chi connectivity index (χ4v) is 1.91. The quantitative estimate of drug-likeness (QED) is 0.703. The minimum atomic E-state index is -0.325. The molecule has 0 aromatic carbocycles. The minimum Gasteiger partial charge on any atom is -0.391 e. The second kappa shape index (κ2) is 6.08. The number of amides is 1. The number of carbonyl (C=O) groups is 1. The zero-order chi connectivity index (χ0) is 11.3. The summed E-state index contributed by atoms with van der Waals surface area (Å²) in [6.45, 7) is 6.89. The highest BCUT2D eigenvalue weighted by atomic mass is 16.3. The van der Waals surface area contributed by atoms with Crippen LogP contribution < -0.4 is 5.32 Å². The molecule has 88 valence electrons. The Hall–Kier alpha value is -0.610. The first-order valence-electron chi connectivity index (χ1n) is 5.82. The van der Waals surface area contributed by atoms with Crippen LogP contribution in [0.4, 0.5) is 0 Å². The molecule has 0 bridgehead atoms. The van der Waals surface area contributed by atoms with Crippen molar-refractivity contribution in [2.45, 2.75) is 32.8 Å². The molecular weight excluding hydrogens is 192 g/mol. The molecule has 1 heterocycles. The fourth-order valence-electron chi connectivity index (χ4n) is 1.91. The Bertz CT molecular complexity index is 209. The van der Waals surface area contributed by atoms with Crippen LogP contribution in [0.15, 0.2) is 0 Å². The molecule has 4 heteroatoms. The highest BCUT2D eigenvalue weighted by Gasteiger charge is 2.25. The lowest BCUT2D eigenvalue weighted by Gasteiger charge is -2.32. The van der Waals surface area contributed by atoms with Gasteiger partial charge in [-0.1, -0.05) is 13.8 Å². The molecule has 4 nitrogen and oxygen atoms in total. The number of nitrogens with one attached hydrogen (secondary N) is 1. The summed E-state index contributed by atoms with van der Waals surface area (Å²) in [5.41, 5.74) is 0. The molecule has 0 aromatic rings. The third-order valence-electron chi connectivity index (χ3n) is 2.83. The Morgan fingerprint density at radius 2 is 2.40 bits per heavy atom. The van der Waals surface area contributed by atoms with Crippen molar-refractivity contribution in [3.63, 3.8) is 0 Å². The van der Waals surface area contributed by atoms with Crippen LogP contribution in [-0.2, 0) is 4.79 Å². The molecule has 15 heavy (non-hydrogen) atoms. The number of nitrogens with zero attached hydrogens (tertiary/aromatic N) is 1. The van der Waals surface area contributed by atoms with Crippen LogP contribution in [-0.4, -0.2) is 48.2 Å². The first-order chi connectivity index (χ1) is 7.15. The highest BCUT2D eigenvalue weighted by molar-refractivity contribution is 5.78. The van der Waals surface area contributed by atoms with Crippen molar-refractivity contribution in [2.75, 3.05) is 26.2 Å². The summed E-state index contributed by atoms with van der Waals surface area (Å²) in [6.07, 6.45) is 1.42. The Labute approximate surface area is 91.6 Å². The van der Waals surface area contributed by atoms with Crippen molar-refractivity contribution in [2.24, 2.45) is 5.92 Å². The van der Waals surface area contributed by atoms with E-state index in [1.165, 1.54) is 0 Å². The van der Waals surface area contributed by atoms with Gasteiger partial charge in [0.2, 0.25) is 5.91 Å². The van der Waals surface area contributed by atoms with Gasteiger partial charge in [-0.25, -0.2) is 0 Å². The normalized spacial score (nSPS) is 23.9. The number of carbonyl (C=O) groups excluding carboxylic acids is 1. The van der Waals surface area contributed by atoms with Gasteiger partial charge in [0.05, 0.1) is 6.10 Å². The molecule has 1 fully saturated rings. The van der Waals surface area contributed by atoms with Crippen LogP contribution in [0.5, 0.6) is 0 Å². The van der Waals surface area contributed by atoms with Crippen LogP contribution in [0, 0.1) is 5.92 Å². The van der Waals surface area contributed by atoms with Gasteiger partial charge in [-0.3, -0.25) is 4.79 Å². The molecule has 2 atom stereocenters. The van der Waals surface area contributed by atoms with Crippen molar-refractivity contribution in [1.82, 2.24) is 10.2 Å². The lowest BCUT2D eigenvalue weighted by molar-refractivity contribution is -0.137. The van der Waals surface area contributed by atoms with E-state index in [0.717, 1.165) is 32.5 Å². The smallest absolute Gasteiger partial charge is 0.226 e. The second-order valence-corrected chi connectivity index (χ2v) is 4.29. The number of rotatable bonds is 4. The van der Waals surface area contributed by atoms with E-state index < -0.39 is 0 Å². The number of likely N-dealkylation sites (tertiary alicyclic amines) is 1. The van der Waals surface area contributed by atoms with Crippen LogP contribution in [0.25, 0.3) is 0 Å². The summed E-state index contributed by atoms with van der Waals surface area (Å²) < 4.78 is 0. The molecular formula is C11H22N2O2. The van der Waals surface area contributed by atoms with E-state index in [-0.39, 0.29) is 17.9 Å². The molecule has 0 aliphatic carbocycles. The van der Waals surface area contributed by atoms with E-state index in [1.54, 1.807) is 4.90 Å². The van der Waals surface area contributed by atoms with Crippen molar-refractivity contribution < 1.29 is 9.90 Å². The van der Waals surface area contributed by atoms with Gasteiger partial charge in [0.15, 0.2) is 0 Å². The molecule has 1 aliphatic heterocycles. The molecule has 1 saturated heterocycles. The molecule has 1 amide bonds. The zero-order valence-electron chi connectivity index (χ0n) is 9.70. The third-order valence-corrected chi connectivity index (χ3v) is 2.83. The number of hydrogen-bond donors (Lipinski definition) is 2. The largest absolute Gasteiger partial charge is 0.391 e. The van der Waals surface area contributed by atoms with E-state index >= 15 is 0 Å². The van der Waals surface area contributed by atoms with E-state index in [4.69, 9.17) is 0 Å². The first kappa shape index (κ1) is 12.5. The third kappa shape index (κ3) is 3.80. The number of hydrogen-bond acceptors (Lipinski definition) is 3. The van der Waals surface area contributed by atoms with E-state index in [2.05, 4.69) is 5.32 Å². The van der Waals surface area contributed by atoms with Gasteiger partial charge in [0.25, 0.3) is 0 Å².